The van der Waals surface area contributed by atoms with Crippen molar-refractivity contribution in [2.24, 2.45) is 0 Å². The van der Waals surface area contributed by atoms with Gasteiger partial charge in [0, 0.05) is 14.1 Å². The Hall–Kier alpha value is -0.520. The van der Waals surface area contributed by atoms with E-state index in [9.17, 15) is 0 Å². The molecule has 0 aromatic rings. The lowest BCUT2D eigenvalue weighted by atomic mass is 10.7. The lowest BCUT2D eigenvalue weighted by Gasteiger charge is -2.06. The van der Waals surface area contributed by atoms with Crippen LogP contribution in [0.15, 0.2) is 0 Å². The van der Waals surface area contributed by atoms with Crippen LogP contribution < -0.4 is 5.43 Å². The van der Waals surface area contributed by atoms with E-state index in [4.69, 9.17) is 6.42 Å². The molecule has 0 saturated heterocycles. The molecule has 40 valence electrons. The van der Waals surface area contributed by atoms with Crippen LogP contribution in [-0.4, -0.2) is 25.6 Å². The first kappa shape index (κ1) is 6.48. The monoisotopic (exact) mass is 98.1 g/mol. The van der Waals surface area contributed by atoms with Crippen molar-refractivity contribution in [2.75, 3.05) is 20.6 Å². The maximum absolute atomic E-state index is 4.94. The van der Waals surface area contributed by atoms with Crippen molar-refractivity contribution in [1.82, 2.24) is 10.4 Å². The van der Waals surface area contributed by atoms with Crippen LogP contribution in [0.1, 0.15) is 0 Å². The van der Waals surface area contributed by atoms with E-state index in [1.54, 1.807) is 0 Å². The lowest BCUT2D eigenvalue weighted by molar-refractivity contribution is 0.309. The zero-order chi connectivity index (χ0) is 5.70. The summed E-state index contributed by atoms with van der Waals surface area (Å²) in [6.45, 7) is 0.604. The van der Waals surface area contributed by atoms with Gasteiger partial charge in [0.25, 0.3) is 0 Å². The summed E-state index contributed by atoms with van der Waals surface area (Å²) < 4.78 is 0. The Morgan fingerprint density at radius 2 is 2.29 bits per heavy atom. The third-order valence-corrected chi connectivity index (χ3v) is 0.497. The van der Waals surface area contributed by atoms with Crippen molar-refractivity contribution < 1.29 is 0 Å². The summed E-state index contributed by atoms with van der Waals surface area (Å²) in [6, 6.07) is 0. The number of hydrogen-bond donors (Lipinski definition) is 1. The van der Waals surface area contributed by atoms with Crippen molar-refractivity contribution in [1.29, 1.82) is 0 Å². The topological polar surface area (TPSA) is 15.3 Å². The molecule has 0 fully saturated rings. The normalized spacial score (nSPS) is 8.86. The van der Waals surface area contributed by atoms with E-state index in [1.165, 1.54) is 0 Å². The molecule has 0 radical (unpaired) electrons. The van der Waals surface area contributed by atoms with Gasteiger partial charge in [-0.1, -0.05) is 5.92 Å². The highest BCUT2D eigenvalue weighted by Gasteiger charge is 1.78. The second-order valence-corrected chi connectivity index (χ2v) is 1.43. The van der Waals surface area contributed by atoms with Crippen molar-refractivity contribution in [3.8, 4) is 12.3 Å². The SMILES string of the molecule is C#CCNN(C)C. The molecule has 0 aromatic carbocycles. The fourth-order valence-corrected chi connectivity index (χ4v) is 0.204. The summed E-state index contributed by atoms with van der Waals surface area (Å²) in [7, 11) is 3.80. The molecule has 2 nitrogen and oxygen atoms in total. The highest BCUT2D eigenvalue weighted by molar-refractivity contribution is 4.85. The lowest BCUT2D eigenvalue weighted by Crippen LogP contribution is -2.30. The first-order chi connectivity index (χ1) is 3.27. The summed E-state index contributed by atoms with van der Waals surface area (Å²) in [5.41, 5.74) is 2.89. The first-order valence-corrected chi connectivity index (χ1v) is 2.11. The van der Waals surface area contributed by atoms with E-state index >= 15 is 0 Å². The summed E-state index contributed by atoms with van der Waals surface area (Å²) >= 11 is 0. The predicted molar refractivity (Wildman–Crippen MR) is 30.5 cm³/mol. The number of nitrogens with one attached hydrogen (secondary N) is 1. The minimum Gasteiger partial charge on any atom is -0.250 e. The van der Waals surface area contributed by atoms with Gasteiger partial charge in [0.05, 0.1) is 6.54 Å². The van der Waals surface area contributed by atoms with Gasteiger partial charge in [-0.3, -0.25) is 0 Å². The van der Waals surface area contributed by atoms with E-state index < -0.39 is 0 Å². The Morgan fingerprint density at radius 1 is 1.71 bits per heavy atom. The third kappa shape index (κ3) is 5.48. The fraction of sp³-hybridized carbons (Fsp3) is 0.600. The molecule has 0 heterocycles. The van der Waals surface area contributed by atoms with Crippen LogP contribution in [0, 0.1) is 12.3 Å². The number of rotatable bonds is 2. The van der Waals surface area contributed by atoms with Gasteiger partial charge in [0.2, 0.25) is 0 Å². The number of terminal acetylenes is 1. The summed E-state index contributed by atoms with van der Waals surface area (Å²) in [5.74, 6) is 2.45. The van der Waals surface area contributed by atoms with Gasteiger partial charge in [-0.2, -0.15) is 0 Å². The molecule has 1 N–H and O–H groups in total. The molecule has 0 amide bonds. The zero-order valence-corrected chi connectivity index (χ0v) is 4.73. The second kappa shape index (κ2) is 3.66. The van der Waals surface area contributed by atoms with Crippen molar-refractivity contribution in [2.45, 2.75) is 0 Å². The number of nitrogens with zero attached hydrogens (tertiary/aromatic N) is 1. The highest BCUT2D eigenvalue weighted by Crippen LogP contribution is 1.57. The van der Waals surface area contributed by atoms with Gasteiger partial charge in [-0.05, 0) is 0 Å². The van der Waals surface area contributed by atoms with E-state index in [0.29, 0.717) is 6.54 Å². The van der Waals surface area contributed by atoms with Crippen molar-refractivity contribution in [3.05, 3.63) is 0 Å². The summed E-state index contributed by atoms with van der Waals surface area (Å²) in [4.78, 5) is 0. The van der Waals surface area contributed by atoms with Crippen LogP contribution in [0.2, 0.25) is 0 Å². The quantitative estimate of drug-likeness (QED) is 0.376. The van der Waals surface area contributed by atoms with Crippen LogP contribution in [0.25, 0.3) is 0 Å². The van der Waals surface area contributed by atoms with Gasteiger partial charge >= 0.3 is 0 Å². The third-order valence-electron chi connectivity index (χ3n) is 0.497. The Bertz CT molecular complexity index is 70.6. The zero-order valence-electron chi connectivity index (χ0n) is 4.73. The van der Waals surface area contributed by atoms with Gasteiger partial charge in [-0.25, -0.2) is 10.4 Å². The predicted octanol–water partition coefficient (Wildman–Crippen LogP) is -0.314. The molecular weight excluding hydrogens is 88.1 g/mol. The molecule has 0 aliphatic heterocycles. The van der Waals surface area contributed by atoms with Crippen molar-refractivity contribution in [3.63, 3.8) is 0 Å². The largest absolute Gasteiger partial charge is 0.250 e. The average Bonchev–Trinajstić information content (AvgIpc) is 1.61. The fourth-order valence-electron chi connectivity index (χ4n) is 0.204. The standard InChI is InChI=1S/C5H10N2/c1-4-5-6-7(2)3/h1,6H,5H2,2-3H3. The average molecular weight is 98.1 g/mol. The molecule has 0 aromatic heterocycles. The molecule has 0 saturated carbocycles. The van der Waals surface area contributed by atoms with E-state index in [-0.39, 0.29) is 0 Å². The maximum Gasteiger partial charge on any atom is 0.0711 e. The molecule has 0 spiro atoms. The molecular formula is C5H10N2. The van der Waals surface area contributed by atoms with Crippen LogP contribution >= 0.6 is 0 Å². The second-order valence-electron chi connectivity index (χ2n) is 1.43. The molecule has 0 unspecified atom stereocenters. The Labute approximate surface area is 44.5 Å². The van der Waals surface area contributed by atoms with Crippen LogP contribution in [0.3, 0.4) is 0 Å². The van der Waals surface area contributed by atoms with E-state index in [0.717, 1.165) is 0 Å². The molecule has 7 heavy (non-hydrogen) atoms. The molecule has 2 heteroatoms. The van der Waals surface area contributed by atoms with Crippen molar-refractivity contribution >= 4 is 0 Å². The number of hydrazine groups is 1. The van der Waals surface area contributed by atoms with E-state index in [1.807, 2.05) is 19.1 Å². The van der Waals surface area contributed by atoms with Crippen LogP contribution in [0.4, 0.5) is 0 Å². The molecule has 0 bridgehead atoms. The smallest absolute Gasteiger partial charge is 0.0711 e. The van der Waals surface area contributed by atoms with Gasteiger partial charge in [0.1, 0.15) is 0 Å². The van der Waals surface area contributed by atoms with Gasteiger partial charge in [-0.15, -0.1) is 6.42 Å². The van der Waals surface area contributed by atoms with Crippen LogP contribution in [0.5, 0.6) is 0 Å². The minimum absolute atomic E-state index is 0.604. The Kier molecular flexibility index (Phi) is 3.39. The molecule has 0 aliphatic rings. The number of hydrogen-bond acceptors (Lipinski definition) is 2. The summed E-state index contributed by atoms with van der Waals surface area (Å²) in [5, 5.41) is 1.82. The minimum atomic E-state index is 0.604. The molecule has 0 rings (SSSR count). The first-order valence-electron chi connectivity index (χ1n) is 2.11. The van der Waals surface area contributed by atoms with E-state index in [2.05, 4.69) is 11.3 Å². The van der Waals surface area contributed by atoms with Gasteiger partial charge < -0.3 is 0 Å². The maximum atomic E-state index is 4.94. The highest BCUT2D eigenvalue weighted by atomic mass is 15.5. The van der Waals surface area contributed by atoms with Gasteiger partial charge in [0.15, 0.2) is 0 Å². The van der Waals surface area contributed by atoms with Crippen LogP contribution in [-0.2, 0) is 0 Å². The molecule has 0 atom stereocenters. The Balaban J connectivity index is 2.86. The summed E-state index contributed by atoms with van der Waals surface area (Å²) in [6.07, 6.45) is 4.94. The Morgan fingerprint density at radius 3 is 2.43 bits per heavy atom. The molecule has 0 aliphatic carbocycles.